The zero-order chi connectivity index (χ0) is 12.0. The summed E-state index contributed by atoms with van der Waals surface area (Å²) in [7, 11) is 0. The quantitative estimate of drug-likeness (QED) is 0.832. The summed E-state index contributed by atoms with van der Waals surface area (Å²) >= 11 is 0. The van der Waals surface area contributed by atoms with Gasteiger partial charge in [0.1, 0.15) is 5.82 Å². The second-order valence-electron chi connectivity index (χ2n) is 4.93. The molecule has 0 spiro atoms. The summed E-state index contributed by atoms with van der Waals surface area (Å²) in [6.45, 7) is 0.768. The molecule has 0 radical (unpaired) electrons. The van der Waals surface area contributed by atoms with Crippen molar-refractivity contribution in [2.45, 2.75) is 24.4 Å². The van der Waals surface area contributed by atoms with E-state index in [9.17, 15) is 14.3 Å². The molecule has 2 fully saturated rings. The fourth-order valence-electron chi connectivity index (χ4n) is 2.50. The molecular formula is C13H14FNO2. The van der Waals surface area contributed by atoms with Crippen LogP contribution in [0.3, 0.4) is 0 Å². The highest BCUT2D eigenvalue weighted by molar-refractivity contribution is 5.92. The van der Waals surface area contributed by atoms with Crippen LogP contribution in [0.25, 0.3) is 0 Å². The van der Waals surface area contributed by atoms with Crippen molar-refractivity contribution in [2.24, 2.45) is 0 Å². The second-order valence-corrected chi connectivity index (χ2v) is 4.93. The monoisotopic (exact) mass is 235 g/mol. The average molecular weight is 235 g/mol. The molecule has 0 aromatic heterocycles. The second kappa shape index (κ2) is 3.53. The lowest BCUT2D eigenvalue weighted by molar-refractivity contribution is -0.144. The predicted octanol–water partition coefficient (Wildman–Crippen LogP) is 1.06. The molecule has 2 aliphatic rings. The lowest BCUT2D eigenvalue weighted by Gasteiger charge is -2.38. The van der Waals surface area contributed by atoms with E-state index in [1.54, 1.807) is 23.1 Å². The first kappa shape index (κ1) is 10.7. The van der Waals surface area contributed by atoms with Gasteiger partial charge < -0.3 is 10.0 Å². The van der Waals surface area contributed by atoms with Crippen molar-refractivity contribution in [1.29, 1.82) is 0 Å². The van der Waals surface area contributed by atoms with E-state index in [-0.39, 0.29) is 11.7 Å². The molecule has 1 amide bonds. The van der Waals surface area contributed by atoms with E-state index in [4.69, 9.17) is 0 Å². The highest BCUT2D eigenvalue weighted by atomic mass is 19.1. The molecule has 17 heavy (non-hydrogen) atoms. The topological polar surface area (TPSA) is 40.5 Å². The average Bonchev–Trinajstić information content (AvgIpc) is 3.06. The minimum atomic E-state index is -0.647. The normalized spacial score (nSPS) is 22.1. The molecule has 1 aromatic carbocycles. The summed E-state index contributed by atoms with van der Waals surface area (Å²) in [5, 5.41) is 9.21. The number of carbonyl (C=O) groups excluding carboxylic acids is 1. The zero-order valence-corrected chi connectivity index (χ0v) is 9.40. The lowest BCUT2D eigenvalue weighted by Crippen LogP contribution is -2.56. The largest absolute Gasteiger partial charge is 0.389 e. The van der Waals surface area contributed by atoms with Crippen LogP contribution in [0.15, 0.2) is 24.3 Å². The van der Waals surface area contributed by atoms with Crippen LogP contribution in [0.5, 0.6) is 0 Å². The SMILES string of the molecule is O=C(N1CC(O)C1)C1(c2ccccc2F)CC1. The Labute approximate surface area is 98.9 Å². The number of amides is 1. The first-order chi connectivity index (χ1) is 8.13. The lowest BCUT2D eigenvalue weighted by atomic mass is 9.92. The van der Waals surface area contributed by atoms with Crippen LogP contribution in [-0.2, 0) is 10.2 Å². The van der Waals surface area contributed by atoms with Gasteiger partial charge in [0.05, 0.1) is 11.5 Å². The molecule has 1 aromatic rings. The molecule has 1 saturated heterocycles. The van der Waals surface area contributed by atoms with Crippen molar-refractivity contribution in [2.75, 3.05) is 13.1 Å². The number of aliphatic hydroxyl groups is 1. The summed E-state index contributed by atoms with van der Waals surface area (Å²) in [6.07, 6.45) is 1.01. The van der Waals surface area contributed by atoms with Crippen LogP contribution in [-0.4, -0.2) is 35.1 Å². The molecule has 3 nitrogen and oxygen atoms in total. The number of halogens is 1. The first-order valence-electron chi connectivity index (χ1n) is 5.86. The Hall–Kier alpha value is -1.42. The van der Waals surface area contributed by atoms with Crippen LogP contribution < -0.4 is 0 Å². The number of hydrogen-bond donors (Lipinski definition) is 1. The third kappa shape index (κ3) is 1.55. The minimum absolute atomic E-state index is 0.0344. The van der Waals surface area contributed by atoms with Crippen LogP contribution in [0.1, 0.15) is 18.4 Å². The number of nitrogens with zero attached hydrogens (tertiary/aromatic N) is 1. The Morgan fingerprint density at radius 3 is 2.53 bits per heavy atom. The van der Waals surface area contributed by atoms with Gasteiger partial charge in [-0.3, -0.25) is 4.79 Å². The third-order valence-corrected chi connectivity index (χ3v) is 3.70. The Morgan fingerprint density at radius 2 is 2.00 bits per heavy atom. The van der Waals surface area contributed by atoms with Crippen molar-refractivity contribution < 1.29 is 14.3 Å². The number of likely N-dealkylation sites (tertiary alicyclic amines) is 1. The summed E-state index contributed by atoms with van der Waals surface area (Å²) in [5.41, 5.74) is -0.141. The smallest absolute Gasteiger partial charge is 0.233 e. The summed E-state index contributed by atoms with van der Waals surface area (Å²) in [6, 6.07) is 6.48. The van der Waals surface area contributed by atoms with Gasteiger partial charge in [-0.15, -0.1) is 0 Å². The highest BCUT2D eigenvalue weighted by Crippen LogP contribution is 2.50. The van der Waals surface area contributed by atoms with Crippen LogP contribution in [0, 0.1) is 5.82 Å². The standard InChI is InChI=1S/C13H14FNO2/c14-11-4-2-1-3-10(11)13(5-6-13)12(17)15-7-9(16)8-15/h1-4,9,16H,5-8H2. The van der Waals surface area contributed by atoms with Crippen molar-refractivity contribution in [3.05, 3.63) is 35.6 Å². The minimum Gasteiger partial charge on any atom is -0.389 e. The molecule has 1 aliphatic heterocycles. The van der Waals surface area contributed by atoms with E-state index in [0.717, 1.165) is 0 Å². The molecule has 0 unspecified atom stereocenters. The van der Waals surface area contributed by atoms with Crippen molar-refractivity contribution in [3.63, 3.8) is 0 Å². The number of aliphatic hydroxyl groups excluding tert-OH is 1. The van der Waals surface area contributed by atoms with Gasteiger partial charge in [-0.25, -0.2) is 4.39 Å². The number of hydrogen-bond acceptors (Lipinski definition) is 2. The fourth-order valence-corrected chi connectivity index (χ4v) is 2.50. The summed E-state index contributed by atoms with van der Waals surface area (Å²) < 4.78 is 13.7. The van der Waals surface area contributed by atoms with Crippen molar-refractivity contribution in [3.8, 4) is 0 Å². The molecule has 1 aliphatic carbocycles. The van der Waals surface area contributed by atoms with Gasteiger partial charge in [0.25, 0.3) is 0 Å². The van der Waals surface area contributed by atoms with Crippen LogP contribution in [0.2, 0.25) is 0 Å². The van der Waals surface area contributed by atoms with E-state index in [2.05, 4.69) is 0 Å². The van der Waals surface area contributed by atoms with Gasteiger partial charge in [-0.05, 0) is 18.9 Å². The van der Waals surface area contributed by atoms with Gasteiger partial charge in [0, 0.05) is 18.7 Å². The summed E-state index contributed by atoms with van der Waals surface area (Å²) in [4.78, 5) is 13.9. The molecule has 0 atom stereocenters. The van der Waals surface area contributed by atoms with Gasteiger partial charge in [0.15, 0.2) is 0 Å². The molecule has 90 valence electrons. The van der Waals surface area contributed by atoms with E-state index in [0.29, 0.717) is 31.5 Å². The van der Waals surface area contributed by atoms with Crippen molar-refractivity contribution >= 4 is 5.91 Å². The van der Waals surface area contributed by atoms with Gasteiger partial charge in [-0.1, -0.05) is 18.2 Å². The number of carbonyl (C=O) groups is 1. The van der Waals surface area contributed by atoms with Crippen molar-refractivity contribution in [1.82, 2.24) is 4.90 Å². The van der Waals surface area contributed by atoms with Gasteiger partial charge in [-0.2, -0.15) is 0 Å². The maximum absolute atomic E-state index is 13.7. The molecule has 1 N–H and O–H groups in total. The molecule has 1 heterocycles. The number of rotatable bonds is 2. The van der Waals surface area contributed by atoms with Gasteiger partial charge >= 0.3 is 0 Å². The highest BCUT2D eigenvalue weighted by Gasteiger charge is 2.55. The van der Waals surface area contributed by atoms with E-state index in [1.165, 1.54) is 6.07 Å². The maximum atomic E-state index is 13.7. The van der Waals surface area contributed by atoms with Crippen LogP contribution in [0.4, 0.5) is 4.39 Å². The Bertz CT molecular complexity index is 464. The van der Waals surface area contributed by atoms with E-state index < -0.39 is 11.5 Å². The fraction of sp³-hybridized carbons (Fsp3) is 0.462. The molecule has 3 rings (SSSR count). The molecule has 4 heteroatoms. The Kier molecular flexibility index (Phi) is 2.23. The predicted molar refractivity (Wildman–Crippen MR) is 59.9 cm³/mol. The van der Waals surface area contributed by atoms with Gasteiger partial charge in [0.2, 0.25) is 5.91 Å². The molecule has 1 saturated carbocycles. The first-order valence-corrected chi connectivity index (χ1v) is 5.86. The Balaban J connectivity index is 1.87. The van der Waals surface area contributed by atoms with Crippen LogP contribution >= 0.6 is 0 Å². The molecular weight excluding hydrogens is 221 g/mol. The maximum Gasteiger partial charge on any atom is 0.233 e. The Morgan fingerprint density at radius 1 is 1.35 bits per heavy atom. The van der Waals surface area contributed by atoms with E-state index in [1.807, 2.05) is 0 Å². The van der Waals surface area contributed by atoms with E-state index >= 15 is 0 Å². The third-order valence-electron chi connectivity index (χ3n) is 3.70. The number of benzene rings is 1. The molecule has 0 bridgehead atoms. The number of β-amino-alcohol motifs (C(OH)–C–C–N with tert-alkyl or cyclic N) is 1. The summed E-state index contributed by atoms with van der Waals surface area (Å²) in [5.74, 6) is -0.340. The zero-order valence-electron chi connectivity index (χ0n) is 9.40.